The lowest BCUT2D eigenvalue weighted by Crippen LogP contribution is -2.06. The van der Waals surface area contributed by atoms with E-state index in [1.165, 1.54) is 18.5 Å². The standard InChI is InChI=1S/C10H8F3N3/c11-10(12,13)6-1-2-8(14)7(5-6)9-15-3-4-16-9/h1-5H,14H2,(H,15,16). The molecule has 0 aliphatic rings. The van der Waals surface area contributed by atoms with Gasteiger partial charge in [0, 0.05) is 23.6 Å². The van der Waals surface area contributed by atoms with E-state index in [0.29, 0.717) is 5.82 Å². The zero-order chi connectivity index (χ0) is 11.8. The Labute approximate surface area is 89.1 Å². The van der Waals surface area contributed by atoms with Crippen molar-refractivity contribution in [3.05, 3.63) is 36.2 Å². The van der Waals surface area contributed by atoms with E-state index in [0.717, 1.165) is 12.1 Å². The zero-order valence-corrected chi connectivity index (χ0v) is 8.05. The third-order valence-corrected chi connectivity index (χ3v) is 2.13. The van der Waals surface area contributed by atoms with Crippen LogP contribution in [0.25, 0.3) is 11.4 Å². The summed E-state index contributed by atoms with van der Waals surface area (Å²) in [4.78, 5) is 6.58. The molecule has 0 fully saturated rings. The van der Waals surface area contributed by atoms with E-state index in [9.17, 15) is 13.2 Å². The molecular formula is C10H8F3N3. The third kappa shape index (κ3) is 1.86. The molecule has 0 saturated heterocycles. The number of alkyl halides is 3. The highest BCUT2D eigenvalue weighted by Crippen LogP contribution is 2.33. The van der Waals surface area contributed by atoms with Crippen LogP contribution in [0.3, 0.4) is 0 Å². The van der Waals surface area contributed by atoms with Crippen molar-refractivity contribution in [2.24, 2.45) is 0 Å². The Balaban J connectivity index is 2.54. The number of H-pyrrole nitrogens is 1. The van der Waals surface area contributed by atoms with E-state index >= 15 is 0 Å². The van der Waals surface area contributed by atoms with E-state index in [-0.39, 0.29) is 11.3 Å². The van der Waals surface area contributed by atoms with Gasteiger partial charge in [-0.3, -0.25) is 0 Å². The van der Waals surface area contributed by atoms with Crippen LogP contribution in [-0.2, 0) is 6.18 Å². The summed E-state index contributed by atoms with van der Waals surface area (Å²) in [6.07, 6.45) is -1.40. The molecule has 1 aromatic heterocycles. The molecule has 0 amide bonds. The van der Waals surface area contributed by atoms with Crippen LogP contribution >= 0.6 is 0 Å². The number of nitrogens with zero attached hydrogens (tertiary/aromatic N) is 1. The SMILES string of the molecule is Nc1ccc(C(F)(F)F)cc1-c1ncc[nH]1. The first-order valence-electron chi connectivity index (χ1n) is 4.45. The third-order valence-electron chi connectivity index (χ3n) is 2.13. The Morgan fingerprint density at radius 1 is 1.25 bits per heavy atom. The monoisotopic (exact) mass is 227 g/mol. The quantitative estimate of drug-likeness (QED) is 0.736. The lowest BCUT2D eigenvalue weighted by molar-refractivity contribution is -0.137. The number of anilines is 1. The number of imidazole rings is 1. The largest absolute Gasteiger partial charge is 0.416 e. The van der Waals surface area contributed by atoms with E-state index in [1.807, 2.05) is 0 Å². The minimum absolute atomic E-state index is 0.250. The highest BCUT2D eigenvalue weighted by atomic mass is 19.4. The molecule has 0 saturated carbocycles. The van der Waals surface area contributed by atoms with Crippen molar-refractivity contribution in [1.29, 1.82) is 0 Å². The predicted octanol–water partition coefficient (Wildman–Crippen LogP) is 2.68. The molecule has 84 valence electrons. The second-order valence-corrected chi connectivity index (χ2v) is 3.24. The number of hydrogen-bond donors (Lipinski definition) is 2. The highest BCUT2D eigenvalue weighted by Gasteiger charge is 2.31. The van der Waals surface area contributed by atoms with Gasteiger partial charge in [0.1, 0.15) is 5.82 Å². The van der Waals surface area contributed by atoms with E-state index in [1.54, 1.807) is 0 Å². The molecule has 0 unspecified atom stereocenters. The van der Waals surface area contributed by atoms with E-state index < -0.39 is 11.7 Å². The summed E-state index contributed by atoms with van der Waals surface area (Å²) in [5, 5.41) is 0. The molecule has 0 spiro atoms. The molecule has 0 radical (unpaired) electrons. The van der Waals surface area contributed by atoms with Crippen LogP contribution in [0.1, 0.15) is 5.56 Å². The van der Waals surface area contributed by atoms with Gasteiger partial charge >= 0.3 is 6.18 Å². The number of nitrogen functional groups attached to an aromatic ring is 1. The predicted molar refractivity (Wildman–Crippen MR) is 53.4 cm³/mol. The molecule has 0 aliphatic carbocycles. The summed E-state index contributed by atoms with van der Waals surface area (Å²) in [5.41, 5.74) is 5.36. The summed E-state index contributed by atoms with van der Waals surface area (Å²) >= 11 is 0. The number of aromatic nitrogens is 2. The van der Waals surface area contributed by atoms with Crippen LogP contribution < -0.4 is 5.73 Å². The second-order valence-electron chi connectivity index (χ2n) is 3.24. The summed E-state index contributed by atoms with van der Waals surface area (Å²) in [6.45, 7) is 0. The number of nitrogens with one attached hydrogen (secondary N) is 1. The molecule has 3 nitrogen and oxygen atoms in total. The number of nitrogens with two attached hydrogens (primary N) is 1. The maximum absolute atomic E-state index is 12.5. The fourth-order valence-corrected chi connectivity index (χ4v) is 1.35. The maximum Gasteiger partial charge on any atom is 0.416 e. The number of aromatic amines is 1. The first-order chi connectivity index (χ1) is 7.48. The fraction of sp³-hybridized carbons (Fsp3) is 0.100. The topological polar surface area (TPSA) is 54.7 Å². The molecule has 1 heterocycles. The molecule has 0 aliphatic heterocycles. The first-order valence-corrected chi connectivity index (χ1v) is 4.45. The molecule has 3 N–H and O–H groups in total. The highest BCUT2D eigenvalue weighted by molar-refractivity contribution is 5.72. The smallest absolute Gasteiger partial charge is 0.398 e. The van der Waals surface area contributed by atoms with Crippen molar-refractivity contribution in [2.45, 2.75) is 6.18 Å². The van der Waals surface area contributed by atoms with Gasteiger partial charge in [0.15, 0.2) is 0 Å². The van der Waals surface area contributed by atoms with Crippen molar-refractivity contribution < 1.29 is 13.2 Å². The summed E-state index contributed by atoms with van der Waals surface area (Å²) in [6, 6.07) is 3.15. The van der Waals surface area contributed by atoms with Gasteiger partial charge < -0.3 is 10.7 Å². The van der Waals surface area contributed by atoms with Crippen LogP contribution in [0.4, 0.5) is 18.9 Å². The van der Waals surface area contributed by atoms with Gasteiger partial charge in [-0.2, -0.15) is 13.2 Å². The Hall–Kier alpha value is -1.98. The van der Waals surface area contributed by atoms with Gasteiger partial charge in [-0.05, 0) is 18.2 Å². The van der Waals surface area contributed by atoms with Crippen molar-refractivity contribution in [1.82, 2.24) is 9.97 Å². The summed E-state index contributed by atoms with van der Waals surface area (Å²) in [5.74, 6) is 0.323. The number of hydrogen-bond acceptors (Lipinski definition) is 2. The number of halogens is 3. The van der Waals surface area contributed by atoms with Gasteiger partial charge in [-0.1, -0.05) is 0 Å². The number of benzene rings is 1. The summed E-state index contributed by atoms with van der Waals surface area (Å²) in [7, 11) is 0. The molecule has 6 heteroatoms. The number of rotatable bonds is 1. The van der Waals surface area contributed by atoms with Crippen molar-refractivity contribution in [3.63, 3.8) is 0 Å². The van der Waals surface area contributed by atoms with Crippen molar-refractivity contribution in [2.75, 3.05) is 5.73 Å². The molecule has 0 atom stereocenters. The van der Waals surface area contributed by atoms with Crippen molar-refractivity contribution in [3.8, 4) is 11.4 Å². The summed E-state index contributed by atoms with van der Waals surface area (Å²) < 4.78 is 37.4. The molecule has 1 aromatic carbocycles. The first kappa shape index (κ1) is 10.5. The Morgan fingerprint density at radius 2 is 2.00 bits per heavy atom. The lowest BCUT2D eigenvalue weighted by atomic mass is 10.1. The molecule has 2 rings (SSSR count). The molecular weight excluding hydrogens is 219 g/mol. The average molecular weight is 227 g/mol. The minimum Gasteiger partial charge on any atom is -0.398 e. The normalized spacial score (nSPS) is 11.7. The van der Waals surface area contributed by atoms with Gasteiger partial charge in [-0.15, -0.1) is 0 Å². The van der Waals surface area contributed by atoms with Gasteiger partial charge in [0.05, 0.1) is 5.56 Å². The van der Waals surface area contributed by atoms with Crippen LogP contribution in [0.5, 0.6) is 0 Å². The van der Waals surface area contributed by atoms with Gasteiger partial charge in [0.2, 0.25) is 0 Å². The van der Waals surface area contributed by atoms with E-state index in [4.69, 9.17) is 5.73 Å². The van der Waals surface area contributed by atoms with Crippen LogP contribution in [0.15, 0.2) is 30.6 Å². The molecule has 0 bridgehead atoms. The Bertz CT molecular complexity index is 489. The Kier molecular flexibility index (Phi) is 2.34. The van der Waals surface area contributed by atoms with Crippen LogP contribution in [-0.4, -0.2) is 9.97 Å². The maximum atomic E-state index is 12.5. The minimum atomic E-state index is -4.38. The Morgan fingerprint density at radius 3 is 2.56 bits per heavy atom. The average Bonchev–Trinajstić information content (AvgIpc) is 2.69. The van der Waals surface area contributed by atoms with E-state index in [2.05, 4.69) is 9.97 Å². The molecule has 2 aromatic rings. The molecule has 16 heavy (non-hydrogen) atoms. The van der Waals surface area contributed by atoms with Gasteiger partial charge in [0.25, 0.3) is 0 Å². The van der Waals surface area contributed by atoms with Gasteiger partial charge in [-0.25, -0.2) is 4.98 Å². The van der Waals surface area contributed by atoms with Crippen LogP contribution in [0, 0.1) is 0 Å². The second kappa shape index (κ2) is 3.55. The van der Waals surface area contributed by atoms with Crippen molar-refractivity contribution >= 4 is 5.69 Å². The zero-order valence-electron chi connectivity index (χ0n) is 8.05. The lowest BCUT2D eigenvalue weighted by Gasteiger charge is -2.09. The van der Waals surface area contributed by atoms with Crippen LogP contribution in [0.2, 0.25) is 0 Å². The fourth-order valence-electron chi connectivity index (χ4n) is 1.35.